The Bertz CT molecular complexity index is 476. The van der Waals surface area contributed by atoms with Crippen molar-refractivity contribution in [3.8, 4) is 5.75 Å². The highest BCUT2D eigenvalue weighted by molar-refractivity contribution is 9.10. The van der Waals surface area contributed by atoms with Crippen molar-refractivity contribution in [1.82, 2.24) is 0 Å². The summed E-state index contributed by atoms with van der Waals surface area (Å²) in [4.78, 5) is 24.0. The van der Waals surface area contributed by atoms with Crippen molar-refractivity contribution in [2.24, 2.45) is 5.73 Å². The summed E-state index contributed by atoms with van der Waals surface area (Å²) in [6, 6.07) is 5.40. The van der Waals surface area contributed by atoms with E-state index in [9.17, 15) is 9.59 Å². The van der Waals surface area contributed by atoms with Crippen LogP contribution in [0.15, 0.2) is 22.7 Å². The average Bonchev–Trinajstić information content (AvgIpc) is 2.27. The molecule has 0 fully saturated rings. The fourth-order valence-corrected chi connectivity index (χ4v) is 1.99. The molecule has 1 heterocycles. The van der Waals surface area contributed by atoms with Crippen LogP contribution >= 0.6 is 15.9 Å². The molecule has 0 radical (unpaired) electrons. The molecule has 1 aromatic carbocycles. The van der Waals surface area contributed by atoms with Crippen LogP contribution < -0.4 is 15.4 Å². The summed E-state index contributed by atoms with van der Waals surface area (Å²) in [5.74, 6) is 0.0370. The summed E-state index contributed by atoms with van der Waals surface area (Å²) in [5, 5.41) is 0. The lowest BCUT2D eigenvalue weighted by atomic mass is 10.2. The first-order chi connectivity index (χ1) is 8.08. The van der Waals surface area contributed by atoms with E-state index >= 15 is 0 Å². The third-order valence-corrected chi connectivity index (χ3v) is 2.94. The molecule has 0 bridgehead atoms. The van der Waals surface area contributed by atoms with Gasteiger partial charge in [-0.15, -0.1) is 0 Å². The molecular formula is C11H11BrN2O3. The van der Waals surface area contributed by atoms with Gasteiger partial charge in [0.1, 0.15) is 5.75 Å². The second kappa shape index (κ2) is 4.75. The Labute approximate surface area is 107 Å². The van der Waals surface area contributed by atoms with E-state index in [4.69, 9.17) is 10.5 Å². The summed E-state index contributed by atoms with van der Waals surface area (Å²) in [6.07, 6.45) is 0.137. The molecule has 1 aromatic rings. The van der Waals surface area contributed by atoms with Crippen LogP contribution in [-0.2, 0) is 9.59 Å². The summed E-state index contributed by atoms with van der Waals surface area (Å²) < 4.78 is 6.15. The number of fused-ring (bicyclic) bond motifs is 1. The molecule has 5 nitrogen and oxygen atoms in total. The maximum Gasteiger partial charge on any atom is 0.265 e. The van der Waals surface area contributed by atoms with Crippen LogP contribution in [0.5, 0.6) is 5.75 Å². The molecule has 1 aliphatic rings. The first kappa shape index (κ1) is 11.9. The standard InChI is InChI=1S/C11H11BrN2O3/c12-7-1-2-9-8(5-7)14(4-3-10(13)15)11(16)6-17-9/h1-2,5H,3-4,6H2,(H2,13,15). The van der Waals surface area contributed by atoms with Crippen LogP contribution in [0.25, 0.3) is 0 Å². The number of ether oxygens (including phenoxy) is 1. The number of hydrogen-bond donors (Lipinski definition) is 1. The first-order valence-corrected chi connectivity index (χ1v) is 5.88. The van der Waals surface area contributed by atoms with Crippen molar-refractivity contribution in [2.75, 3.05) is 18.1 Å². The maximum atomic E-state index is 11.7. The smallest absolute Gasteiger partial charge is 0.265 e. The fraction of sp³-hybridized carbons (Fsp3) is 0.273. The minimum atomic E-state index is -0.430. The van der Waals surface area contributed by atoms with Crippen molar-refractivity contribution in [2.45, 2.75) is 6.42 Å². The molecule has 2 N–H and O–H groups in total. The fourth-order valence-electron chi connectivity index (χ4n) is 1.64. The van der Waals surface area contributed by atoms with Crippen molar-refractivity contribution in [3.63, 3.8) is 0 Å². The van der Waals surface area contributed by atoms with Crippen LogP contribution in [0.4, 0.5) is 5.69 Å². The van der Waals surface area contributed by atoms with Gasteiger partial charge in [0.25, 0.3) is 5.91 Å². The molecule has 0 unspecified atom stereocenters. The van der Waals surface area contributed by atoms with Crippen molar-refractivity contribution in [1.29, 1.82) is 0 Å². The Kier molecular flexibility index (Phi) is 3.33. The highest BCUT2D eigenvalue weighted by atomic mass is 79.9. The zero-order valence-corrected chi connectivity index (χ0v) is 10.6. The van der Waals surface area contributed by atoms with E-state index in [1.165, 1.54) is 4.90 Å². The van der Waals surface area contributed by atoms with Gasteiger partial charge in [-0.05, 0) is 18.2 Å². The number of rotatable bonds is 3. The summed E-state index contributed by atoms with van der Waals surface area (Å²) >= 11 is 3.33. The topological polar surface area (TPSA) is 72.6 Å². The quantitative estimate of drug-likeness (QED) is 0.906. The molecule has 0 aliphatic carbocycles. The first-order valence-electron chi connectivity index (χ1n) is 5.09. The van der Waals surface area contributed by atoms with Gasteiger partial charge in [-0.3, -0.25) is 9.59 Å². The van der Waals surface area contributed by atoms with Crippen LogP contribution in [0.2, 0.25) is 0 Å². The lowest BCUT2D eigenvalue weighted by Crippen LogP contribution is -2.40. The number of halogens is 1. The van der Waals surface area contributed by atoms with E-state index < -0.39 is 5.91 Å². The lowest BCUT2D eigenvalue weighted by Gasteiger charge is -2.29. The molecule has 2 amide bonds. The Hall–Kier alpha value is -1.56. The number of benzene rings is 1. The SMILES string of the molecule is NC(=O)CCN1C(=O)COc2ccc(Br)cc21. The van der Waals surface area contributed by atoms with E-state index in [0.717, 1.165) is 4.47 Å². The minimum absolute atomic E-state index is 0.00655. The Balaban J connectivity index is 2.28. The van der Waals surface area contributed by atoms with Crippen molar-refractivity contribution in [3.05, 3.63) is 22.7 Å². The summed E-state index contributed by atoms with van der Waals surface area (Å²) in [6.45, 7) is 0.272. The number of primary amides is 1. The largest absolute Gasteiger partial charge is 0.482 e. The Morgan fingerprint density at radius 1 is 1.53 bits per heavy atom. The van der Waals surface area contributed by atoms with Crippen LogP contribution in [0, 0.1) is 0 Å². The lowest BCUT2D eigenvalue weighted by molar-refractivity contribution is -0.121. The van der Waals surface area contributed by atoms with Gasteiger partial charge in [0.15, 0.2) is 6.61 Å². The highest BCUT2D eigenvalue weighted by Crippen LogP contribution is 2.34. The second-order valence-corrected chi connectivity index (χ2v) is 4.58. The van der Waals surface area contributed by atoms with Gasteiger partial charge in [0.2, 0.25) is 5.91 Å². The van der Waals surface area contributed by atoms with Gasteiger partial charge in [-0.2, -0.15) is 0 Å². The van der Waals surface area contributed by atoms with E-state index in [-0.39, 0.29) is 25.5 Å². The van der Waals surface area contributed by atoms with E-state index in [2.05, 4.69) is 15.9 Å². The zero-order chi connectivity index (χ0) is 12.4. The molecule has 90 valence electrons. The zero-order valence-electron chi connectivity index (χ0n) is 8.98. The maximum absolute atomic E-state index is 11.7. The minimum Gasteiger partial charge on any atom is -0.482 e. The summed E-state index contributed by atoms with van der Waals surface area (Å²) in [5.41, 5.74) is 5.75. The van der Waals surface area contributed by atoms with Gasteiger partial charge in [-0.1, -0.05) is 15.9 Å². The van der Waals surface area contributed by atoms with Crippen LogP contribution in [0.3, 0.4) is 0 Å². The monoisotopic (exact) mass is 298 g/mol. The third kappa shape index (κ3) is 2.58. The van der Waals surface area contributed by atoms with E-state index in [1.807, 2.05) is 6.07 Å². The highest BCUT2D eigenvalue weighted by Gasteiger charge is 2.25. The van der Waals surface area contributed by atoms with Gasteiger partial charge in [0.05, 0.1) is 5.69 Å². The summed E-state index contributed by atoms with van der Waals surface area (Å²) in [7, 11) is 0. The Morgan fingerprint density at radius 3 is 3.00 bits per heavy atom. The number of hydrogen-bond acceptors (Lipinski definition) is 3. The molecule has 6 heteroatoms. The van der Waals surface area contributed by atoms with Crippen molar-refractivity contribution >= 4 is 33.4 Å². The number of nitrogens with two attached hydrogens (primary N) is 1. The molecular weight excluding hydrogens is 288 g/mol. The molecule has 0 spiro atoms. The van der Waals surface area contributed by atoms with Crippen LogP contribution in [-0.4, -0.2) is 25.0 Å². The number of carbonyl (C=O) groups excluding carboxylic acids is 2. The molecule has 1 aliphatic heterocycles. The molecule has 0 saturated heterocycles. The van der Waals surface area contributed by atoms with Gasteiger partial charge in [0, 0.05) is 17.4 Å². The van der Waals surface area contributed by atoms with Gasteiger partial charge >= 0.3 is 0 Å². The third-order valence-electron chi connectivity index (χ3n) is 2.45. The average molecular weight is 299 g/mol. The van der Waals surface area contributed by atoms with Crippen LogP contribution in [0.1, 0.15) is 6.42 Å². The number of amides is 2. The van der Waals surface area contributed by atoms with E-state index in [1.54, 1.807) is 12.1 Å². The molecule has 17 heavy (non-hydrogen) atoms. The Morgan fingerprint density at radius 2 is 2.29 bits per heavy atom. The predicted molar refractivity (Wildman–Crippen MR) is 65.8 cm³/mol. The molecule has 2 rings (SSSR count). The van der Waals surface area contributed by atoms with Crippen molar-refractivity contribution < 1.29 is 14.3 Å². The molecule has 0 aromatic heterocycles. The normalized spacial score (nSPS) is 14.2. The number of carbonyl (C=O) groups is 2. The van der Waals surface area contributed by atoms with Gasteiger partial charge < -0.3 is 15.4 Å². The molecule has 0 atom stereocenters. The second-order valence-electron chi connectivity index (χ2n) is 3.66. The van der Waals surface area contributed by atoms with E-state index in [0.29, 0.717) is 11.4 Å². The number of anilines is 1. The van der Waals surface area contributed by atoms with Gasteiger partial charge in [-0.25, -0.2) is 0 Å². The number of nitrogens with zero attached hydrogens (tertiary/aromatic N) is 1. The predicted octanol–water partition coefficient (Wildman–Crippen LogP) is 1.05. The molecule has 0 saturated carbocycles.